The van der Waals surface area contributed by atoms with E-state index in [1.807, 2.05) is 28.8 Å². The van der Waals surface area contributed by atoms with Crippen molar-refractivity contribution >= 4 is 34.8 Å². The number of hydrogen-bond donors (Lipinski definition) is 0. The maximum atomic E-state index is 12.0. The minimum absolute atomic E-state index is 0.118. The number of rotatable bonds is 4. The van der Waals surface area contributed by atoms with Crippen LogP contribution in [-0.2, 0) is 16.0 Å². The highest BCUT2D eigenvalue weighted by molar-refractivity contribution is 6.36. The summed E-state index contributed by atoms with van der Waals surface area (Å²) in [5.41, 5.74) is 2.88. The minimum atomic E-state index is -0.301. The Bertz CT molecular complexity index is 874. The third kappa shape index (κ3) is 3.19. The topological polar surface area (TPSA) is 43.6 Å². The average Bonchev–Trinajstić information content (AvgIpc) is 2.86. The summed E-state index contributed by atoms with van der Waals surface area (Å²) in [6.45, 7) is 2.12. The van der Waals surface area contributed by atoms with E-state index in [1.54, 1.807) is 25.1 Å². The van der Waals surface area contributed by atoms with Crippen molar-refractivity contribution in [2.75, 3.05) is 6.61 Å². The monoisotopic (exact) mass is 348 g/mol. The molecule has 0 spiro atoms. The number of carbonyl (C=O) groups is 1. The quantitative estimate of drug-likeness (QED) is 0.655. The predicted molar refractivity (Wildman–Crippen MR) is 91.0 cm³/mol. The van der Waals surface area contributed by atoms with Crippen molar-refractivity contribution in [3.8, 4) is 11.3 Å². The van der Waals surface area contributed by atoms with E-state index in [-0.39, 0.29) is 12.4 Å². The molecule has 118 valence electrons. The molecule has 0 N–H and O–H groups in total. The maximum Gasteiger partial charge on any atom is 0.311 e. The van der Waals surface area contributed by atoms with Crippen LogP contribution in [0.15, 0.2) is 42.6 Å². The van der Waals surface area contributed by atoms with Gasteiger partial charge in [0, 0.05) is 16.8 Å². The van der Waals surface area contributed by atoms with Gasteiger partial charge < -0.3 is 9.14 Å². The SMILES string of the molecule is CCOC(=O)Cc1c(-c2ccc(Cl)cc2Cl)nc2ccccn12. The smallest absolute Gasteiger partial charge is 0.311 e. The van der Waals surface area contributed by atoms with Crippen molar-refractivity contribution in [1.82, 2.24) is 9.38 Å². The molecule has 0 aliphatic heterocycles. The Labute approximate surface area is 143 Å². The van der Waals surface area contributed by atoms with Crippen molar-refractivity contribution < 1.29 is 9.53 Å². The van der Waals surface area contributed by atoms with E-state index in [1.165, 1.54) is 0 Å². The summed E-state index contributed by atoms with van der Waals surface area (Å²) in [7, 11) is 0. The summed E-state index contributed by atoms with van der Waals surface area (Å²) >= 11 is 12.3. The minimum Gasteiger partial charge on any atom is -0.466 e. The number of hydrogen-bond acceptors (Lipinski definition) is 3. The molecular weight excluding hydrogens is 335 g/mol. The van der Waals surface area contributed by atoms with Gasteiger partial charge in [-0.1, -0.05) is 29.3 Å². The second-order valence-electron chi connectivity index (χ2n) is 4.94. The standard InChI is InChI=1S/C17H14Cl2N2O2/c1-2-23-16(22)10-14-17(12-7-6-11(18)9-13(12)19)20-15-5-3-4-8-21(14)15/h3-9H,2,10H2,1H3. The van der Waals surface area contributed by atoms with E-state index >= 15 is 0 Å². The molecule has 2 heterocycles. The number of benzene rings is 1. The van der Waals surface area contributed by atoms with Gasteiger partial charge in [0.2, 0.25) is 0 Å². The largest absolute Gasteiger partial charge is 0.466 e. The number of esters is 1. The van der Waals surface area contributed by atoms with Gasteiger partial charge in [-0.3, -0.25) is 4.79 Å². The van der Waals surface area contributed by atoms with Crippen LogP contribution in [-0.4, -0.2) is 22.0 Å². The van der Waals surface area contributed by atoms with Crippen molar-refractivity contribution in [3.63, 3.8) is 0 Å². The number of ether oxygens (including phenoxy) is 1. The lowest BCUT2D eigenvalue weighted by Gasteiger charge is -2.07. The molecule has 0 saturated carbocycles. The van der Waals surface area contributed by atoms with Crippen molar-refractivity contribution in [1.29, 1.82) is 0 Å². The number of nitrogens with zero attached hydrogens (tertiary/aromatic N) is 2. The normalized spacial score (nSPS) is 10.9. The first-order chi connectivity index (χ1) is 11.1. The van der Waals surface area contributed by atoms with Crippen LogP contribution in [0.5, 0.6) is 0 Å². The van der Waals surface area contributed by atoms with E-state index in [0.29, 0.717) is 22.3 Å². The van der Waals surface area contributed by atoms with Gasteiger partial charge in [-0.05, 0) is 37.3 Å². The number of pyridine rings is 1. The van der Waals surface area contributed by atoms with Gasteiger partial charge in [-0.25, -0.2) is 4.98 Å². The molecule has 0 amide bonds. The second kappa shape index (κ2) is 6.60. The lowest BCUT2D eigenvalue weighted by molar-refractivity contribution is -0.142. The molecule has 2 aromatic heterocycles. The van der Waals surface area contributed by atoms with Crippen LogP contribution in [0.1, 0.15) is 12.6 Å². The lowest BCUT2D eigenvalue weighted by atomic mass is 10.1. The van der Waals surface area contributed by atoms with Crippen LogP contribution < -0.4 is 0 Å². The van der Waals surface area contributed by atoms with Gasteiger partial charge in [0.25, 0.3) is 0 Å². The number of imidazole rings is 1. The molecule has 0 bridgehead atoms. The molecule has 0 unspecified atom stereocenters. The molecule has 3 aromatic rings. The summed E-state index contributed by atoms with van der Waals surface area (Å²) in [6, 6.07) is 10.9. The number of fused-ring (bicyclic) bond motifs is 1. The summed E-state index contributed by atoms with van der Waals surface area (Å²) in [6.07, 6.45) is 1.98. The Balaban J connectivity index is 2.17. The van der Waals surface area contributed by atoms with Crippen LogP contribution in [0, 0.1) is 0 Å². The van der Waals surface area contributed by atoms with Crippen LogP contribution in [0.4, 0.5) is 0 Å². The fourth-order valence-electron chi connectivity index (χ4n) is 2.46. The average molecular weight is 349 g/mol. The number of halogens is 2. The Kier molecular flexibility index (Phi) is 4.55. The van der Waals surface area contributed by atoms with Crippen LogP contribution in [0.2, 0.25) is 10.0 Å². The molecule has 0 aliphatic carbocycles. The molecule has 1 aromatic carbocycles. The molecule has 3 rings (SSSR count). The van der Waals surface area contributed by atoms with Gasteiger partial charge in [0.15, 0.2) is 0 Å². The Morgan fingerprint density at radius 3 is 2.83 bits per heavy atom. The highest BCUT2D eigenvalue weighted by Gasteiger charge is 2.19. The Hall–Kier alpha value is -2.04. The third-order valence-corrected chi connectivity index (χ3v) is 3.98. The fourth-order valence-corrected chi connectivity index (χ4v) is 2.96. The van der Waals surface area contributed by atoms with Crippen LogP contribution in [0.3, 0.4) is 0 Å². The number of aromatic nitrogens is 2. The zero-order valence-corrected chi connectivity index (χ0v) is 13.9. The fraction of sp³-hybridized carbons (Fsp3) is 0.176. The van der Waals surface area contributed by atoms with Gasteiger partial charge in [0.1, 0.15) is 5.65 Å². The van der Waals surface area contributed by atoms with Crippen molar-refractivity contribution in [3.05, 3.63) is 58.3 Å². The lowest BCUT2D eigenvalue weighted by Crippen LogP contribution is -2.10. The summed E-state index contributed by atoms with van der Waals surface area (Å²) in [5, 5.41) is 1.04. The van der Waals surface area contributed by atoms with Crippen LogP contribution in [0.25, 0.3) is 16.9 Å². The summed E-state index contributed by atoms with van der Waals surface area (Å²) < 4.78 is 6.94. The van der Waals surface area contributed by atoms with E-state index in [0.717, 1.165) is 16.9 Å². The molecule has 0 radical (unpaired) electrons. The predicted octanol–water partition coefficient (Wildman–Crippen LogP) is 4.41. The first-order valence-corrected chi connectivity index (χ1v) is 7.92. The molecule has 23 heavy (non-hydrogen) atoms. The Morgan fingerprint density at radius 2 is 2.09 bits per heavy atom. The third-order valence-electron chi connectivity index (χ3n) is 3.43. The van der Waals surface area contributed by atoms with Crippen molar-refractivity contribution in [2.24, 2.45) is 0 Å². The van der Waals surface area contributed by atoms with Gasteiger partial charge in [0.05, 0.1) is 29.4 Å². The molecule has 0 saturated heterocycles. The zero-order valence-electron chi connectivity index (χ0n) is 12.4. The highest BCUT2D eigenvalue weighted by atomic mass is 35.5. The molecule has 6 heteroatoms. The van der Waals surface area contributed by atoms with E-state index in [2.05, 4.69) is 4.98 Å². The van der Waals surface area contributed by atoms with E-state index < -0.39 is 0 Å². The first kappa shape index (κ1) is 15.8. The molecule has 0 fully saturated rings. The summed E-state index contributed by atoms with van der Waals surface area (Å²) in [4.78, 5) is 16.6. The zero-order chi connectivity index (χ0) is 16.4. The van der Waals surface area contributed by atoms with Crippen LogP contribution >= 0.6 is 23.2 Å². The number of carbonyl (C=O) groups excluding carboxylic acids is 1. The molecular formula is C17H14Cl2N2O2. The first-order valence-electron chi connectivity index (χ1n) is 7.17. The van der Waals surface area contributed by atoms with E-state index in [9.17, 15) is 4.79 Å². The molecule has 0 aliphatic rings. The highest BCUT2D eigenvalue weighted by Crippen LogP contribution is 2.32. The van der Waals surface area contributed by atoms with E-state index in [4.69, 9.17) is 27.9 Å². The maximum absolute atomic E-state index is 12.0. The Morgan fingerprint density at radius 1 is 1.26 bits per heavy atom. The van der Waals surface area contributed by atoms with Gasteiger partial charge in [-0.2, -0.15) is 0 Å². The van der Waals surface area contributed by atoms with Gasteiger partial charge in [-0.15, -0.1) is 0 Å². The van der Waals surface area contributed by atoms with Crippen molar-refractivity contribution in [2.45, 2.75) is 13.3 Å². The second-order valence-corrected chi connectivity index (χ2v) is 5.79. The summed E-state index contributed by atoms with van der Waals surface area (Å²) in [5.74, 6) is -0.301. The molecule has 0 atom stereocenters. The molecule has 4 nitrogen and oxygen atoms in total. The van der Waals surface area contributed by atoms with Gasteiger partial charge >= 0.3 is 5.97 Å².